The van der Waals surface area contributed by atoms with Crippen LogP contribution in [0.15, 0.2) is 52.3 Å². The lowest BCUT2D eigenvalue weighted by molar-refractivity contribution is 0.102. The average Bonchev–Trinajstić information content (AvgIpc) is 2.70. The lowest BCUT2D eigenvalue weighted by Gasteiger charge is -2.18. The first-order valence-corrected chi connectivity index (χ1v) is 11.9. The van der Waals surface area contributed by atoms with Gasteiger partial charge in [0.15, 0.2) is 0 Å². The van der Waals surface area contributed by atoms with E-state index in [4.69, 9.17) is 0 Å². The van der Waals surface area contributed by atoms with Crippen molar-refractivity contribution in [1.82, 2.24) is 9.03 Å². The summed E-state index contributed by atoms with van der Waals surface area (Å²) in [4.78, 5) is 12.7. The topological polar surface area (TPSA) is 113 Å². The van der Waals surface area contributed by atoms with E-state index < -0.39 is 26.0 Å². The van der Waals surface area contributed by atoms with Crippen LogP contribution in [-0.2, 0) is 20.0 Å². The van der Waals surface area contributed by atoms with E-state index in [9.17, 15) is 21.6 Å². The van der Waals surface area contributed by atoms with Crippen LogP contribution < -0.4 is 10.0 Å². The first-order valence-electron chi connectivity index (χ1n) is 9.02. The lowest BCUT2D eigenvalue weighted by Crippen LogP contribution is -2.30. The zero-order valence-electron chi connectivity index (χ0n) is 16.8. The smallest absolute Gasteiger partial charge is 0.255 e. The first-order chi connectivity index (χ1) is 13.6. The van der Waals surface area contributed by atoms with Crippen molar-refractivity contribution in [2.75, 3.05) is 25.5 Å². The number of sulfonamides is 2. The van der Waals surface area contributed by atoms with Crippen molar-refractivity contribution >= 4 is 31.6 Å². The molecule has 29 heavy (non-hydrogen) atoms. The van der Waals surface area contributed by atoms with Gasteiger partial charge in [-0.15, -0.1) is 0 Å². The van der Waals surface area contributed by atoms with E-state index >= 15 is 0 Å². The first kappa shape index (κ1) is 23.0. The molecule has 0 saturated heterocycles. The van der Waals surface area contributed by atoms with Crippen molar-refractivity contribution in [2.24, 2.45) is 0 Å². The molecule has 2 rings (SSSR count). The molecule has 0 saturated carbocycles. The molecule has 0 atom stereocenters. The Morgan fingerprint density at radius 1 is 1.00 bits per heavy atom. The molecule has 10 heteroatoms. The van der Waals surface area contributed by atoms with Crippen LogP contribution in [0.5, 0.6) is 0 Å². The minimum atomic E-state index is -3.70. The number of carbonyl (C=O) groups is 1. The van der Waals surface area contributed by atoms with E-state index in [0.717, 1.165) is 0 Å². The van der Waals surface area contributed by atoms with Crippen molar-refractivity contribution in [3.63, 3.8) is 0 Å². The molecule has 2 aromatic rings. The maximum Gasteiger partial charge on any atom is 0.255 e. The molecule has 2 aromatic carbocycles. The fourth-order valence-corrected chi connectivity index (χ4v) is 5.29. The van der Waals surface area contributed by atoms with Crippen LogP contribution in [0.25, 0.3) is 0 Å². The Morgan fingerprint density at radius 2 is 1.66 bits per heavy atom. The highest BCUT2D eigenvalue weighted by Crippen LogP contribution is 2.22. The molecule has 0 aliphatic rings. The summed E-state index contributed by atoms with van der Waals surface area (Å²) in [5.74, 6) is -0.543. The van der Waals surface area contributed by atoms with Crippen LogP contribution >= 0.6 is 0 Å². The summed E-state index contributed by atoms with van der Waals surface area (Å²) in [5.41, 5.74) is 0.966. The number of carbonyl (C=O) groups excluding carboxylic acids is 1. The summed E-state index contributed by atoms with van der Waals surface area (Å²) in [5, 5.41) is 2.62. The Bertz CT molecular complexity index is 1110. The van der Waals surface area contributed by atoms with Crippen molar-refractivity contribution < 1.29 is 21.6 Å². The van der Waals surface area contributed by atoms with Gasteiger partial charge in [-0.2, -0.15) is 4.31 Å². The van der Waals surface area contributed by atoms with Crippen molar-refractivity contribution in [3.05, 3.63) is 53.6 Å². The van der Waals surface area contributed by atoms with Gasteiger partial charge in [0.05, 0.1) is 9.79 Å². The third kappa shape index (κ3) is 5.02. The maximum absolute atomic E-state index is 12.7. The number of hydrogen-bond donors (Lipinski definition) is 2. The van der Waals surface area contributed by atoms with E-state index in [2.05, 4.69) is 10.0 Å². The Morgan fingerprint density at radius 3 is 2.24 bits per heavy atom. The second kappa shape index (κ2) is 9.04. The summed E-state index contributed by atoms with van der Waals surface area (Å²) in [6.07, 6.45) is 0. The normalized spacial score (nSPS) is 12.2. The minimum Gasteiger partial charge on any atom is -0.322 e. The van der Waals surface area contributed by atoms with E-state index in [0.29, 0.717) is 18.7 Å². The number of aryl methyl sites for hydroxylation is 1. The second-order valence-electron chi connectivity index (χ2n) is 6.26. The summed E-state index contributed by atoms with van der Waals surface area (Å²) in [6, 6.07) is 10.3. The van der Waals surface area contributed by atoms with Crippen LogP contribution in [0.2, 0.25) is 0 Å². The molecule has 0 bridgehead atoms. The summed E-state index contributed by atoms with van der Waals surface area (Å²) in [7, 11) is -6.07. The van der Waals surface area contributed by atoms with E-state index in [1.54, 1.807) is 32.9 Å². The Hall–Kier alpha value is -2.27. The van der Waals surface area contributed by atoms with Gasteiger partial charge in [0, 0.05) is 24.3 Å². The lowest BCUT2D eigenvalue weighted by atomic mass is 10.2. The van der Waals surface area contributed by atoms with Crippen molar-refractivity contribution in [2.45, 2.75) is 30.6 Å². The minimum absolute atomic E-state index is 0.0243. The van der Waals surface area contributed by atoms with Gasteiger partial charge < -0.3 is 5.32 Å². The predicted octanol–water partition coefficient (Wildman–Crippen LogP) is 2.19. The largest absolute Gasteiger partial charge is 0.322 e. The Labute approximate surface area is 172 Å². The number of rotatable bonds is 8. The van der Waals surface area contributed by atoms with Gasteiger partial charge in [0.1, 0.15) is 0 Å². The summed E-state index contributed by atoms with van der Waals surface area (Å²) < 4.78 is 53.1. The standard InChI is InChI=1S/C19H25N3O5S2/c1-5-22(6-2)29(26,27)17-9-7-8-15(12-17)19(23)21-16-11-10-14(3)18(13-16)28(24,25)20-4/h7-13,20H,5-6H2,1-4H3,(H,21,23). The van der Waals surface area contributed by atoms with Crippen LogP contribution in [0, 0.1) is 6.92 Å². The highest BCUT2D eigenvalue weighted by molar-refractivity contribution is 7.89. The third-order valence-electron chi connectivity index (χ3n) is 4.44. The van der Waals surface area contributed by atoms with Gasteiger partial charge in [0.25, 0.3) is 5.91 Å². The van der Waals surface area contributed by atoms with Crippen molar-refractivity contribution in [1.29, 1.82) is 0 Å². The molecule has 0 spiro atoms. The fraction of sp³-hybridized carbons (Fsp3) is 0.316. The zero-order chi connectivity index (χ0) is 21.8. The summed E-state index contributed by atoms with van der Waals surface area (Å²) >= 11 is 0. The molecule has 0 fully saturated rings. The van der Waals surface area contributed by atoms with Crippen LogP contribution in [0.4, 0.5) is 5.69 Å². The Kier molecular flexibility index (Phi) is 7.17. The second-order valence-corrected chi connectivity index (χ2v) is 10.1. The van der Waals surface area contributed by atoms with Gasteiger partial charge >= 0.3 is 0 Å². The highest BCUT2D eigenvalue weighted by Gasteiger charge is 2.23. The molecule has 0 heterocycles. The quantitative estimate of drug-likeness (QED) is 0.655. The number of anilines is 1. The molecule has 2 N–H and O–H groups in total. The number of nitrogens with zero attached hydrogens (tertiary/aromatic N) is 1. The molecule has 8 nitrogen and oxygen atoms in total. The average molecular weight is 440 g/mol. The van der Waals surface area contributed by atoms with Gasteiger partial charge in [-0.3, -0.25) is 4.79 Å². The van der Waals surface area contributed by atoms with Gasteiger partial charge in [-0.25, -0.2) is 21.6 Å². The fourth-order valence-electron chi connectivity index (χ4n) is 2.79. The van der Waals surface area contributed by atoms with Crippen LogP contribution in [0.1, 0.15) is 29.8 Å². The molecule has 0 unspecified atom stereocenters. The Balaban J connectivity index is 2.35. The SMILES string of the molecule is CCN(CC)S(=O)(=O)c1cccc(C(=O)Nc2ccc(C)c(S(=O)(=O)NC)c2)c1. The molecule has 1 amide bonds. The van der Waals surface area contributed by atoms with E-state index in [1.807, 2.05) is 0 Å². The monoisotopic (exact) mass is 439 g/mol. The predicted molar refractivity (Wildman–Crippen MR) is 112 cm³/mol. The highest BCUT2D eigenvalue weighted by atomic mass is 32.2. The zero-order valence-corrected chi connectivity index (χ0v) is 18.4. The van der Waals surface area contributed by atoms with E-state index in [-0.39, 0.29) is 21.0 Å². The van der Waals surface area contributed by atoms with Gasteiger partial charge in [-0.05, 0) is 49.9 Å². The van der Waals surface area contributed by atoms with Gasteiger partial charge in [0.2, 0.25) is 20.0 Å². The maximum atomic E-state index is 12.7. The molecule has 0 radical (unpaired) electrons. The molecule has 0 aliphatic carbocycles. The number of hydrogen-bond acceptors (Lipinski definition) is 5. The van der Waals surface area contributed by atoms with Crippen LogP contribution in [-0.4, -0.2) is 47.2 Å². The number of benzene rings is 2. The molecule has 0 aliphatic heterocycles. The third-order valence-corrected chi connectivity index (χ3v) is 8.05. The number of amides is 1. The molecule has 158 valence electrons. The van der Waals surface area contributed by atoms with E-state index in [1.165, 1.54) is 41.7 Å². The number of nitrogens with one attached hydrogen (secondary N) is 2. The van der Waals surface area contributed by atoms with Gasteiger partial charge in [-0.1, -0.05) is 26.0 Å². The van der Waals surface area contributed by atoms with Crippen molar-refractivity contribution in [3.8, 4) is 0 Å². The summed E-state index contributed by atoms with van der Waals surface area (Å²) in [6.45, 7) is 5.78. The molecular formula is C19H25N3O5S2. The van der Waals surface area contributed by atoms with Crippen LogP contribution in [0.3, 0.4) is 0 Å². The molecular weight excluding hydrogens is 414 g/mol. The molecule has 0 aromatic heterocycles.